The van der Waals surface area contributed by atoms with Gasteiger partial charge in [-0.2, -0.15) is 5.10 Å². The van der Waals surface area contributed by atoms with Crippen LogP contribution in [0, 0.1) is 18.6 Å². The van der Waals surface area contributed by atoms with E-state index in [1.807, 2.05) is 6.92 Å². The number of anilines is 1. The number of H-pyrrole nitrogens is 1. The molecule has 1 aromatic carbocycles. The summed E-state index contributed by atoms with van der Waals surface area (Å²) in [5.41, 5.74) is 0.930. The standard InChI is InChI=1S/C12H13F2N3/c1-3-15-12-6-11(16-17-12)8-5-9(13)7(2)4-10(8)14/h4-6H,3H2,1-2H3,(H2,15,16,17). The molecule has 17 heavy (non-hydrogen) atoms. The van der Waals surface area contributed by atoms with Crippen molar-refractivity contribution in [3.05, 3.63) is 35.4 Å². The van der Waals surface area contributed by atoms with Gasteiger partial charge < -0.3 is 5.32 Å². The third-order valence-corrected chi connectivity index (χ3v) is 2.47. The number of hydrogen-bond donors (Lipinski definition) is 2. The molecule has 0 bridgehead atoms. The number of halogens is 2. The Kier molecular flexibility index (Phi) is 3.08. The van der Waals surface area contributed by atoms with Crippen LogP contribution in [0.1, 0.15) is 12.5 Å². The van der Waals surface area contributed by atoms with E-state index in [-0.39, 0.29) is 11.1 Å². The fourth-order valence-electron chi connectivity index (χ4n) is 1.58. The van der Waals surface area contributed by atoms with Crippen molar-refractivity contribution in [3.8, 4) is 11.3 Å². The number of aryl methyl sites for hydroxylation is 1. The molecule has 2 aromatic rings. The summed E-state index contributed by atoms with van der Waals surface area (Å²) in [6, 6.07) is 4.00. The average Bonchev–Trinajstić information content (AvgIpc) is 2.72. The molecule has 0 unspecified atom stereocenters. The van der Waals surface area contributed by atoms with Gasteiger partial charge in [-0.25, -0.2) is 8.78 Å². The Morgan fingerprint density at radius 1 is 1.24 bits per heavy atom. The summed E-state index contributed by atoms with van der Waals surface area (Å²) in [6.07, 6.45) is 0. The van der Waals surface area contributed by atoms with Crippen molar-refractivity contribution in [1.82, 2.24) is 10.2 Å². The van der Waals surface area contributed by atoms with Crippen LogP contribution in [-0.2, 0) is 0 Å². The first-order valence-electron chi connectivity index (χ1n) is 5.37. The first-order valence-corrected chi connectivity index (χ1v) is 5.37. The number of benzene rings is 1. The van der Waals surface area contributed by atoms with Crippen molar-refractivity contribution >= 4 is 5.82 Å². The molecule has 1 heterocycles. The SMILES string of the molecule is CCNc1cc(-c2cc(F)c(C)cc2F)[nH]n1. The highest BCUT2D eigenvalue weighted by Gasteiger charge is 2.11. The first-order chi connectivity index (χ1) is 8.11. The van der Waals surface area contributed by atoms with Crippen LogP contribution in [-0.4, -0.2) is 16.7 Å². The minimum Gasteiger partial charge on any atom is -0.369 e. The van der Waals surface area contributed by atoms with Crippen LogP contribution >= 0.6 is 0 Å². The van der Waals surface area contributed by atoms with Crippen LogP contribution in [0.15, 0.2) is 18.2 Å². The second-order valence-corrected chi connectivity index (χ2v) is 3.78. The normalized spacial score (nSPS) is 10.6. The summed E-state index contributed by atoms with van der Waals surface area (Å²) < 4.78 is 27.1. The van der Waals surface area contributed by atoms with Crippen molar-refractivity contribution < 1.29 is 8.78 Å². The van der Waals surface area contributed by atoms with Gasteiger partial charge >= 0.3 is 0 Å². The molecular formula is C12H13F2N3. The van der Waals surface area contributed by atoms with E-state index in [0.29, 0.717) is 11.5 Å². The zero-order chi connectivity index (χ0) is 12.4. The molecule has 0 amide bonds. The Morgan fingerprint density at radius 3 is 2.71 bits per heavy atom. The van der Waals surface area contributed by atoms with Gasteiger partial charge in [-0.05, 0) is 31.5 Å². The van der Waals surface area contributed by atoms with Crippen molar-refractivity contribution in [2.24, 2.45) is 0 Å². The lowest BCUT2D eigenvalue weighted by atomic mass is 10.1. The Balaban J connectivity index is 2.41. The summed E-state index contributed by atoms with van der Waals surface area (Å²) in [6.45, 7) is 4.18. The number of aromatic nitrogens is 2. The largest absolute Gasteiger partial charge is 0.369 e. The summed E-state index contributed by atoms with van der Waals surface area (Å²) in [5.74, 6) is -0.278. The van der Waals surface area contributed by atoms with Gasteiger partial charge in [-0.1, -0.05) is 0 Å². The molecule has 2 N–H and O–H groups in total. The predicted molar refractivity (Wildman–Crippen MR) is 62.8 cm³/mol. The Morgan fingerprint density at radius 2 is 2.00 bits per heavy atom. The molecule has 1 aromatic heterocycles. The Hall–Kier alpha value is -1.91. The maximum atomic E-state index is 13.7. The minimum atomic E-state index is -0.462. The number of aromatic amines is 1. The summed E-state index contributed by atoms with van der Waals surface area (Å²) in [4.78, 5) is 0. The van der Waals surface area contributed by atoms with E-state index in [1.165, 1.54) is 19.1 Å². The van der Waals surface area contributed by atoms with Gasteiger partial charge in [-0.15, -0.1) is 0 Å². The second kappa shape index (κ2) is 4.53. The van der Waals surface area contributed by atoms with Gasteiger partial charge in [0.25, 0.3) is 0 Å². The minimum absolute atomic E-state index is 0.185. The fourth-order valence-corrected chi connectivity index (χ4v) is 1.58. The van der Waals surface area contributed by atoms with Crippen molar-refractivity contribution in [1.29, 1.82) is 0 Å². The van der Waals surface area contributed by atoms with Gasteiger partial charge in [0, 0.05) is 18.2 Å². The van der Waals surface area contributed by atoms with Crippen molar-refractivity contribution in [3.63, 3.8) is 0 Å². The number of nitrogens with zero attached hydrogens (tertiary/aromatic N) is 1. The van der Waals surface area contributed by atoms with E-state index in [4.69, 9.17) is 0 Å². The lowest BCUT2D eigenvalue weighted by Gasteiger charge is -2.02. The monoisotopic (exact) mass is 237 g/mol. The number of hydrogen-bond acceptors (Lipinski definition) is 2. The van der Waals surface area contributed by atoms with Crippen LogP contribution in [0.4, 0.5) is 14.6 Å². The van der Waals surface area contributed by atoms with Gasteiger partial charge in [-0.3, -0.25) is 5.10 Å². The molecular weight excluding hydrogens is 224 g/mol. The van der Waals surface area contributed by atoms with Crippen LogP contribution in [0.25, 0.3) is 11.3 Å². The molecule has 3 nitrogen and oxygen atoms in total. The molecule has 0 fully saturated rings. The summed E-state index contributed by atoms with van der Waals surface area (Å²) >= 11 is 0. The zero-order valence-corrected chi connectivity index (χ0v) is 9.64. The van der Waals surface area contributed by atoms with Crippen molar-refractivity contribution in [2.75, 3.05) is 11.9 Å². The van der Waals surface area contributed by atoms with E-state index in [0.717, 1.165) is 6.54 Å². The smallest absolute Gasteiger partial charge is 0.148 e. The summed E-state index contributed by atoms with van der Waals surface area (Å²) in [7, 11) is 0. The highest BCUT2D eigenvalue weighted by molar-refractivity contribution is 5.63. The van der Waals surface area contributed by atoms with Gasteiger partial charge in [0.1, 0.15) is 17.5 Å². The van der Waals surface area contributed by atoms with Crippen LogP contribution in [0.2, 0.25) is 0 Å². The van der Waals surface area contributed by atoms with Crippen LogP contribution in [0.5, 0.6) is 0 Å². The average molecular weight is 237 g/mol. The maximum absolute atomic E-state index is 13.7. The molecule has 2 rings (SSSR count). The van der Waals surface area contributed by atoms with Gasteiger partial charge in [0.15, 0.2) is 0 Å². The van der Waals surface area contributed by atoms with E-state index in [1.54, 1.807) is 6.07 Å². The lowest BCUT2D eigenvalue weighted by molar-refractivity contribution is 0.594. The highest BCUT2D eigenvalue weighted by Crippen LogP contribution is 2.25. The quantitative estimate of drug-likeness (QED) is 0.861. The van der Waals surface area contributed by atoms with Crippen LogP contribution in [0.3, 0.4) is 0 Å². The molecule has 5 heteroatoms. The number of nitrogens with one attached hydrogen (secondary N) is 2. The molecule has 0 aliphatic carbocycles. The third kappa shape index (κ3) is 2.27. The van der Waals surface area contributed by atoms with Gasteiger partial charge in [0.05, 0.1) is 5.69 Å². The molecule has 0 saturated carbocycles. The molecule has 0 atom stereocenters. The maximum Gasteiger partial charge on any atom is 0.148 e. The van der Waals surface area contributed by atoms with E-state index in [2.05, 4.69) is 15.5 Å². The molecule has 0 radical (unpaired) electrons. The Labute approximate surface area is 97.9 Å². The number of rotatable bonds is 3. The molecule has 0 saturated heterocycles. The highest BCUT2D eigenvalue weighted by atomic mass is 19.1. The molecule has 0 aliphatic rings. The fraction of sp³-hybridized carbons (Fsp3) is 0.250. The third-order valence-electron chi connectivity index (χ3n) is 2.47. The molecule has 0 spiro atoms. The van der Waals surface area contributed by atoms with E-state index in [9.17, 15) is 8.78 Å². The van der Waals surface area contributed by atoms with Crippen molar-refractivity contribution in [2.45, 2.75) is 13.8 Å². The van der Waals surface area contributed by atoms with Crippen LogP contribution < -0.4 is 5.32 Å². The topological polar surface area (TPSA) is 40.7 Å². The predicted octanol–water partition coefficient (Wildman–Crippen LogP) is 3.10. The first kappa shape index (κ1) is 11.6. The lowest BCUT2D eigenvalue weighted by Crippen LogP contribution is -1.95. The zero-order valence-electron chi connectivity index (χ0n) is 9.64. The second-order valence-electron chi connectivity index (χ2n) is 3.78. The Bertz CT molecular complexity index is 535. The van der Waals surface area contributed by atoms with Gasteiger partial charge in [0.2, 0.25) is 0 Å². The summed E-state index contributed by atoms with van der Waals surface area (Å²) in [5, 5.41) is 9.61. The molecule has 90 valence electrons. The van der Waals surface area contributed by atoms with E-state index >= 15 is 0 Å². The molecule has 0 aliphatic heterocycles. The van der Waals surface area contributed by atoms with E-state index < -0.39 is 11.6 Å².